The van der Waals surface area contributed by atoms with E-state index in [1.807, 2.05) is 18.2 Å². The number of carbonyl (C=O) groups excluding carboxylic acids is 2. The number of halogens is 2. The summed E-state index contributed by atoms with van der Waals surface area (Å²) in [6, 6.07) is 10.7. The molecule has 0 bridgehead atoms. The van der Waals surface area contributed by atoms with Crippen molar-refractivity contribution >= 4 is 50.7 Å². The van der Waals surface area contributed by atoms with Gasteiger partial charge in [0.25, 0.3) is 5.91 Å². The molecule has 1 aliphatic rings. The van der Waals surface area contributed by atoms with Crippen LogP contribution in [0.1, 0.15) is 22.8 Å². The maximum Gasteiger partial charge on any atom is 0.255 e. The van der Waals surface area contributed by atoms with E-state index in [-0.39, 0.29) is 11.8 Å². The summed E-state index contributed by atoms with van der Waals surface area (Å²) in [7, 11) is 0. The van der Waals surface area contributed by atoms with Gasteiger partial charge in [-0.05, 0) is 42.3 Å². The van der Waals surface area contributed by atoms with Gasteiger partial charge in [0.15, 0.2) is 0 Å². The lowest BCUT2D eigenvalue weighted by Gasteiger charge is -2.16. The molecule has 0 unspecified atom stereocenters. The Morgan fingerprint density at radius 1 is 1.22 bits per heavy atom. The van der Waals surface area contributed by atoms with Crippen LogP contribution in [0.25, 0.3) is 0 Å². The van der Waals surface area contributed by atoms with E-state index < -0.39 is 0 Å². The molecule has 0 aliphatic carbocycles. The van der Waals surface area contributed by atoms with Gasteiger partial charge in [0.2, 0.25) is 5.91 Å². The third-order valence-electron chi connectivity index (χ3n) is 3.74. The van der Waals surface area contributed by atoms with Crippen molar-refractivity contribution in [2.24, 2.45) is 0 Å². The summed E-state index contributed by atoms with van der Waals surface area (Å²) < 4.78 is 0.742. The summed E-state index contributed by atoms with van der Waals surface area (Å²) in [5.41, 5.74) is 3.09. The van der Waals surface area contributed by atoms with Crippen molar-refractivity contribution in [1.82, 2.24) is 0 Å². The van der Waals surface area contributed by atoms with E-state index in [2.05, 4.69) is 21.2 Å². The Morgan fingerprint density at radius 2 is 2.00 bits per heavy atom. The Hall–Kier alpha value is -1.85. The first-order chi connectivity index (χ1) is 10.9. The fraction of sp³-hybridized carbons (Fsp3) is 0.176. The Bertz CT molecular complexity index is 787. The van der Waals surface area contributed by atoms with Gasteiger partial charge in [-0.25, -0.2) is 0 Å². The molecular formula is C17H14BrClN2O2. The number of anilines is 2. The number of hydrogen-bond donors (Lipinski definition) is 1. The molecule has 1 heterocycles. The van der Waals surface area contributed by atoms with Gasteiger partial charge in [-0.3, -0.25) is 9.59 Å². The van der Waals surface area contributed by atoms with E-state index in [4.69, 9.17) is 11.6 Å². The van der Waals surface area contributed by atoms with E-state index >= 15 is 0 Å². The van der Waals surface area contributed by atoms with Crippen LogP contribution in [-0.4, -0.2) is 18.4 Å². The SMILES string of the molecule is CC(=O)N1CCc2ccc(NC(=O)c3cc(Cl)cc(Br)c3)cc21. The topological polar surface area (TPSA) is 49.4 Å². The summed E-state index contributed by atoms with van der Waals surface area (Å²) in [6.45, 7) is 2.23. The summed E-state index contributed by atoms with van der Waals surface area (Å²) in [4.78, 5) is 25.7. The van der Waals surface area contributed by atoms with E-state index in [0.29, 0.717) is 22.8 Å². The van der Waals surface area contributed by atoms with Crippen LogP contribution in [0, 0.1) is 0 Å². The molecule has 3 rings (SSSR count). The third-order valence-corrected chi connectivity index (χ3v) is 4.42. The lowest BCUT2D eigenvalue weighted by Crippen LogP contribution is -2.25. The monoisotopic (exact) mass is 392 g/mol. The fourth-order valence-corrected chi connectivity index (χ4v) is 3.53. The van der Waals surface area contributed by atoms with Crippen molar-refractivity contribution in [2.75, 3.05) is 16.8 Å². The molecule has 0 aromatic heterocycles. The van der Waals surface area contributed by atoms with E-state index in [0.717, 1.165) is 22.1 Å². The Labute approximate surface area is 147 Å². The first kappa shape index (κ1) is 16.0. The van der Waals surface area contributed by atoms with Crippen molar-refractivity contribution in [3.8, 4) is 0 Å². The molecule has 2 aromatic rings. The van der Waals surface area contributed by atoms with Crippen LogP contribution in [0.3, 0.4) is 0 Å². The van der Waals surface area contributed by atoms with Crippen LogP contribution in [0.5, 0.6) is 0 Å². The predicted octanol–water partition coefficient (Wildman–Crippen LogP) is 4.26. The van der Waals surface area contributed by atoms with Crippen molar-refractivity contribution in [1.29, 1.82) is 0 Å². The molecule has 1 N–H and O–H groups in total. The molecule has 0 spiro atoms. The second kappa shape index (κ2) is 6.34. The van der Waals surface area contributed by atoms with E-state index in [9.17, 15) is 9.59 Å². The number of amides is 2. The maximum atomic E-state index is 12.4. The number of nitrogens with one attached hydrogen (secondary N) is 1. The van der Waals surface area contributed by atoms with E-state index in [1.54, 1.807) is 30.0 Å². The molecule has 0 saturated carbocycles. The lowest BCUT2D eigenvalue weighted by molar-refractivity contribution is -0.116. The minimum absolute atomic E-state index is 0.00555. The number of hydrogen-bond acceptors (Lipinski definition) is 2. The van der Waals surface area contributed by atoms with Crippen molar-refractivity contribution < 1.29 is 9.59 Å². The predicted molar refractivity (Wildman–Crippen MR) is 95.3 cm³/mol. The van der Waals surface area contributed by atoms with Gasteiger partial charge in [0.05, 0.1) is 0 Å². The summed E-state index contributed by atoms with van der Waals surface area (Å²) in [5.74, 6) is -0.244. The normalized spacial score (nSPS) is 12.9. The molecular weight excluding hydrogens is 380 g/mol. The van der Waals surface area contributed by atoms with Crippen LogP contribution >= 0.6 is 27.5 Å². The van der Waals surface area contributed by atoms with Gasteiger partial charge in [-0.1, -0.05) is 33.6 Å². The minimum Gasteiger partial charge on any atom is -0.322 e. The second-order valence-corrected chi connectivity index (χ2v) is 6.73. The number of rotatable bonds is 2. The molecule has 0 atom stereocenters. The zero-order valence-corrected chi connectivity index (χ0v) is 14.7. The molecule has 118 valence electrons. The van der Waals surface area contributed by atoms with Crippen molar-refractivity contribution in [3.05, 3.63) is 57.0 Å². The molecule has 2 aromatic carbocycles. The Morgan fingerprint density at radius 3 is 2.70 bits per heavy atom. The number of fused-ring (bicyclic) bond motifs is 1. The molecule has 23 heavy (non-hydrogen) atoms. The Balaban J connectivity index is 1.85. The van der Waals surface area contributed by atoms with Gasteiger partial charge in [0.1, 0.15) is 0 Å². The van der Waals surface area contributed by atoms with Crippen LogP contribution in [0.2, 0.25) is 5.02 Å². The molecule has 2 amide bonds. The highest BCUT2D eigenvalue weighted by Crippen LogP contribution is 2.31. The quantitative estimate of drug-likeness (QED) is 0.828. The van der Waals surface area contributed by atoms with Crippen LogP contribution in [0.4, 0.5) is 11.4 Å². The van der Waals surface area contributed by atoms with Crippen LogP contribution in [0.15, 0.2) is 40.9 Å². The van der Waals surface area contributed by atoms with Crippen LogP contribution in [-0.2, 0) is 11.2 Å². The average Bonchev–Trinajstić information content (AvgIpc) is 2.89. The Kier molecular flexibility index (Phi) is 4.41. The van der Waals surface area contributed by atoms with Gasteiger partial charge < -0.3 is 10.2 Å². The zero-order valence-electron chi connectivity index (χ0n) is 12.4. The van der Waals surface area contributed by atoms with Crippen LogP contribution < -0.4 is 10.2 Å². The first-order valence-electron chi connectivity index (χ1n) is 7.12. The first-order valence-corrected chi connectivity index (χ1v) is 8.29. The van der Waals surface area contributed by atoms with Gasteiger partial charge in [-0.15, -0.1) is 0 Å². The molecule has 1 aliphatic heterocycles. The zero-order chi connectivity index (χ0) is 16.6. The molecule has 0 fully saturated rings. The number of carbonyl (C=O) groups is 2. The fourth-order valence-electron chi connectivity index (χ4n) is 2.67. The molecule has 4 nitrogen and oxygen atoms in total. The molecule has 0 saturated heterocycles. The maximum absolute atomic E-state index is 12.4. The van der Waals surface area contributed by atoms with Crippen molar-refractivity contribution in [2.45, 2.75) is 13.3 Å². The summed E-state index contributed by atoms with van der Waals surface area (Å²) in [6.07, 6.45) is 0.838. The smallest absolute Gasteiger partial charge is 0.255 e. The molecule has 6 heteroatoms. The van der Waals surface area contributed by atoms with E-state index in [1.165, 1.54) is 0 Å². The largest absolute Gasteiger partial charge is 0.322 e. The van der Waals surface area contributed by atoms with Gasteiger partial charge in [-0.2, -0.15) is 0 Å². The summed E-state index contributed by atoms with van der Waals surface area (Å²) in [5, 5.41) is 3.33. The minimum atomic E-state index is -0.250. The summed E-state index contributed by atoms with van der Waals surface area (Å²) >= 11 is 9.30. The number of nitrogens with zero attached hydrogens (tertiary/aromatic N) is 1. The highest BCUT2D eigenvalue weighted by Gasteiger charge is 2.22. The highest BCUT2D eigenvalue weighted by molar-refractivity contribution is 9.10. The second-order valence-electron chi connectivity index (χ2n) is 5.38. The van der Waals surface area contributed by atoms with Crippen molar-refractivity contribution in [3.63, 3.8) is 0 Å². The third kappa shape index (κ3) is 3.41. The van der Waals surface area contributed by atoms with Gasteiger partial charge >= 0.3 is 0 Å². The lowest BCUT2D eigenvalue weighted by atomic mass is 10.1. The standard InChI is InChI=1S/C17H14BrClN2O2/c1-10(22)21-5-4-11-2-3-15(9-16(11)21)20-17(23)12-6-13(18)8-14(19)7-12/h2-3,6-9H,4-5H2,1H3,(H,20,23). The molecule has 0 radical (unpaired) electrons. The van der Waals surface area contributed by atoms with Gasteiger partial charge in [0, 0.05) is 39.9 Å². The average molecular weight is 394 g/mol. The number of benzene rings is 2. The highest BCUT2D eigenvalue weighted by atomic mass is 79.9.